The Morgan fingerprint density at radius 2 is 1.83 bits per heavy atom. The molecule has 0 fully saturated rings. The van der Waals surface area contributed by atoms with E-state index in [9.17, 15) is 0 Å². The molecule has 0 aliphatic carbocycles. The summed E-state index contributed by atoms with van der Waals surface area (Å²) >= 11 is 0. The van der Waals surface area contributed by atoms with Gasteiger partial charge in [0.2, 0.25) is 0 Å². The van der Waals surface area contributed by atoms with E-state index in [1.807, 2.05) is 60.7 Å². The third-order valence-corrected chi connectivity index (χ3v) is 3.35. The molecular weight excluding hydrogens is 292 g/mol. The molecule has 1 heterocycles. The smallest absolute Gasteiger partial charge is 0.153 e. The van der Waals surface area contributed by atoms with Crippen molar-refractivity contribution in [1.29, 1.82) is 0 Å². The molecule has 1 aromatic heterocycles. The lowest BCUT2D eigenvalue weighted by Gasteiger charge is -2.06. The maximum atomic E-state index is 5.77. The van der Waals surface area contributed by atoms with Crippen molar-refractivity contribution in [3.8, 4) is 17.0 Å². The van der Waals surface area contributed by atoms with Crippen LogP contribution >= 0.6 is 0 Å². The molecule has 3 rings (SSSR count). The molecule has 0 amide bonds. The Morgan fingerprint density at radius 1 is 1.04 bits per heavy atom. The number of hydroxylamine groups is 1. The molecular formula is C18H18N2O3. The van der Waals surface area contributed by atoms with Crippen molar-refractivity contribution in [3.05, 3.63) is 72.0 Å². The molecule has 0 aliphatic heterocycles. The Morgan fingerprint density at radius 3 is 2.57 bits per heavy atom. The monoisotopic (exact) mass is 310 g/mol. The first-order chi connectivity index (χ1) is 11.3. The Kier molecular flexibility index (Phi) is 5.03. The number of hydrogen-bond donors (Lipinski definition) is 1. The number of nitrogens with zero attached hydrogens (tertiary/aromatic N) is 1. The molecule has 2 aromatic carbocycles. The predicted octanol–water partition coefficient (Wildman–Crippen LogP) is 3.57. The first kappa shape index (κ1) is 15.3. The van der Waals surface area contributed by atoms with E-state index in [4.69, 9.17) is 14.1 Å². The molecule has 5 heteroatoms. The van der Waals surface area contributed by atoms with Crippen LogP contribution in [0, 0.1) is 0 Å². The number of benzene rings is 2. The van der Waals surface area contributed by atoms with Crippen molar-refractivity contribution in [2.45, 2.75) is 13.2 Å². The minimum Gasteiger partial charge on any atom is -0.489 e. The highest BCUT2D eigenvalue weighted by Crippen LogP contribution is 2.22. The molecule has 0 saturated heterocycles. The molecule has 0 bridgehead atoms. The van der Waals surface area contributed by atoms with E-state index in [0.29, 0.717) is 18.9 Å². The van der Waals surface area contributed by atoms with Gasteiger partial charge < -0.3 is 14.1 Å². The summed E-state index contributed by atoms with van der Waals surface area (Å²) in [5.74, 6) is 1.54. The van der Waals surface area contributed by atoms with Crippen molar-refractivity contribution in [1.82, 2.24) is 10.6 Å². The first-order valence-corrected chi connectivity index (χ1v) is 7.34. The van der Waals surface area contributed by atoms with Crippen LogP contribution in [0.2, 0.25) is 0 Å². The maximum absolute atomic E-state index is 5.77. The lowest BCUT2D eigenvalue weighted by atomic mass is 10.1. The Hall–Kier alpha value is -2.63. The first-order valence-electron chi connectivity index (χ1n) is 7.34. The Labute approximate surface area is 134 Å². The van der Waals surface area contributed by atoms with Gasteiger partial charge in [-0.1, -0.05) is 35.5 Å². The van der Waals surface area contributed by atoms with Gasteiger partial charge in [-0.25, -0.2) is 0 Å². The normalized spacial score (nSPS) is 10.7. The van der Waals surface area contributed by atoms with E-state index < -0.39 is 0 Å². The fourth-order valence-electron chi connectivity index (χ4n) is 2.14. The summed E-state index contributed by atoms with van der Waals surface area (Å²) in [6.07, 6.45) is 0. The van der Waals surface area contributed by atoms with Crippen LogP contribution in [0.1, 0.15) is 11.3 Å². The summed E-state index contributed by atoms with van der Waals surface area (Å²) in [6, 6.07) is 19.7. The van der Waals surface area contributed by atoms with E-state index in [0.717, 1.165) is 22.6 Å². The SMILES string of the molecule is CONCc1cc(-c2ccc(OCc3ccccc3)cc2)no1. The van der Waals surface area contributed by atoms with Crippen LogP contribution in [0.4, 0.5) is 0 Å². The largest absolute Gasteiger partial charge is 0.489 e. The minimum atomic E-state index is 0.474. The van der Waals surface area contributed by atoms with Crippen molar-refractivity contribution >= 4 is 0 Å². The van der Waals surface area contributed by atoms with E-state index in [-0.39, 0.29) is 0 Å². The summed E-state index contributed by atoms with van der Waals surface area (Å²) < 4.78 is 11.0. The van der Waals surface area contributed by atoms with E-state index >= 15 is 0 Å². The lowest BCUT2D eigenvalue weighted by Crippen LogP contribution is -2.09. The van der Waals surface area contributed by atoms with Crippen molar-refractivity contribution in [2.75, 3.05) is 7.11 Å². The Balaban J connectivity index is 1.61. The standard InChI is InChI=1S/C18H18N2O3/c1-21-19-12-17-11-18(20-23-17)15-7-9-16(10-8-15)22-13-14-5-3-2-4-6-14/h2-11,19H,12-13H2,1H3. The summed E-state index contributed by atoms with van der Waals surface area (Å²) in [4.78, 5) is 4.79. The number of aromatic nitrogens is 1. The van der Waals surface area contributed by atoms with Gasteiger partial charge in [-0.15, -0.1) is 0 Å². The van der Waals surface area contributed by atoms with Gasteiger partial charge >= 0.3 is 0 Å². The van der Waals surface area contributed by atoms with E-state index in [1.54, 1.807) is 7.11 Å². The molecule has 0 unspecified atom stereocenters. The summed E-state index contributed by atoms with van der Waals surface area (Å²) in [6.45, 7) is 1.03. The van der Waals surface area contributed by atoms with Gasteiger partial charge in [0, 0.05) is 11.6 Å². The van der Waals surface area contributed by atoms with Gasteiger partial charge in [0.1, 0.15) is 18.1 Å². The summed E-state index contributed by atoms with van der Waals surface area (Å²) in [7, 11) is 1.56. The highest BCUT2D eigenvalue weighted by atomic mass is 16.6. The van der Waals surface area contributed by atoms with Crippen LogP contribution in [0.5, 0.6) is 5.75 Å². The second-order valence-corrected chi connectivity index (χ2v) is 5.00. The molecule has 3 aromatic rings. The number of ether oxygens (including phenoxy) is 1. The fraction of sp³-hybridized carbons (Fsp3) is 0.167. The quantitative estimate of drug-likeness (QED) is 0.676. The van der Waals surface area contributed by atoms with E-state index in [1.165, 1.54) is 0 Å². The van der Waals surface area contributed by atoms with E-state index in [2.05, 4.69) is 10.6 Å². The third kappa shape index (κ3) is 4.18. The molecule has 0 radical (unpaired) electrons. The summed E-state index contributed by atoms with van der Waals surface area (Å²) in [5.41, 5.74) is 5.62. The van der Waals surface area contributed by atoms with Gasteiger partial charge in [0.15, 0.2) is 5.76 Å². The molecule has 0 aliphatic rings. The van der Waals surface area contributed by atoms with Gasteiger partial charge in [0.25, 0.3) is 0 Å². The summed E-state index contributed by atoms with van der Waals surface area (Å²) in [5, 5.41) is 4.05. The van der Waals surface area contributed by atoms with Crippen LogP contribution in [0.25, 0.3) is 11.3 Å². The highest BCUT2D eigenvalue weighted by molar-refractivity contribution is 5.59. The molecule has 5 nitrogen and oxygen atoms in total. The van der Waals surface area contributed by atoms with Crippen molar-refractivity contribution in [3.63, 3.8) is 0 Å². The zero-order valence-electron chi connectivity index (χ0n) is 12.9. The van der Waals surface area contributed by atoms with Crippen LogP contribution in [-0.2, 0) is 18.0 Å². The van der Waals surface area contributed by atoms with Crippen LogP contribution in [-0.4, -0.2) is 12.3 Å². The number of rotatable bonds is 7. The third-order valence-electron chi connectivity index (χ3n) is 3.35. The topological polar surface area (TPSA) is 56.5 Å². The average molecular weight is 310 g/mol. The zero-order chi connectivity index (χ0) is 15.9. The minimum absolute atomic E-state index is 0.474. The highest BCUT2D eigenvalue weighted by Gasteiger charge is 2.06. The number of hydrogen-bond acceptors (Lipinski definition) is 5. The molecule has 0 spiro atoms. The molecule has 23 heavy (non-hydrogen) atoms. The van der Waals surface area contributed by atoms with Crippen LogP contribution in [0.3, 0.4) is 0 Å². The fourth-order valence-corrected chi connectivity index (χ4v) is 2.14. The molecule has 0 saturated carbocycles. The van der Waals surface area contributed by atoms with Gasteiger partial charge in [-0.05, 0) is 29.8 Å². The second kappa shape index (κ2) is 7.58. The number of nitrogens with one attached hydrogen (secondary N) is 1. The van der Waals surface area contributed by atoms with Gasteiger partial charge in [-0.2, -0.15) is 5.48 Å². The van der Waals surface area contributed by atoms with Crippen molar-refractivity contribution in [2.24, 2.45) is 0 Å². The average Bonchev–Trinajstić information content (AvgIpc) is 3.08. The van der Waals surface area contributed by atoms with Crippen LogP contribution < -0.4 is 10.2 Å². The van der Waals surface area contributed by atoms with Crippen molar-refractivity contribution < 1.29 is 14.1 Å². The van der Waals surface area contributed by atoms with Crippen LogP contribution in [0.15, 0.2) is 65.2 Å². The molecule has 1 N–H and O–H groups in total. The zero-order valence-corrected chi connectivity index (χ0v) is 12.9. The second-order valence-electron chi connectivity index (χ2n) is 5.00. The lowest BCUT2D eigenvalue weighted by molar-refractivity contribution is 0.0802. The Bertz CT molecular complexity index is 724. The van der Waals surface area contributed by atoms with Gasteiger partial charge in [0.05, 0.1) is 13.7 Å². The molecule has 0 atom stereocenters. The molecule has 118 valence electrons. The van der Waals surface area contributed by atoms with Gasteiger partial charge in [-0.3, -0.25) is 0 Å². The predicted molar refractivity (Wildman–Crippen MR) is 86.6 cm³/mol. The maximum Gasteiger partial charge on any atom is 0.153 e.